The van der Waals surface area contributed by atoms with E-state index in [1.54, 1.807) is 19.2 Å². The molecule has 1 aromatic heterocycles. The van der Waals surface area contributed by atoms with Crippen molar-refractivity contribution in [1.29, 1.82) is 0 Å². The first-order valence-electron chi connectivity index (χ1n) is 5.98. The summed E-state index contributed by atoms with van der Waals surface area (Å²) in [6.07, 6.45) is -3.53. The third kappa shape index (κ3) is 4.04. The molecule has 3 nitrogen and oxygen atoms in total. The summed E-state index contributed by atoms with van der Waals surface area (Å²) in [6, 6.07) is 7.66. The monoisotopic (exact) mass is 314 g/mol. The van der Waals surface area contributed by atoms with Crippen molar-refractivity contribution < 1.29 is 17.9 Å². The lowest BCUT2D eigenvalue weighted by atomic mass is 10.2. The van der Waals surface area contributed by atoms with Gasteiger partial charge in [0.1, 0.15) is 5.75 Å². The number of halogens is 3. The summed E-state index contributed by atoms with van der Waals surface area (Å²) >= 11 is 1.33. The van der Waals surface area contributed by atoms with Gasteiger partial charge in [0.05, 0.1) is 17.7 Å². The molecule has 0 bridgehead atoms. The highest BCUT2D eigenvalue weighted by Gasteiger charge is 2.30. The van der Waals surface area contributed by atoms with Gasteiger partial charge in [-0.1, -0.05) is 6.07 Å². The molecule has 0 aliphatic heterocycles. The van der Waals surface area contributed by atoms with E-state index < -0.39 is 11.7 Å². The molecule has 0 aliphatic rings. The predicted octanol–water partition coefficient (Wildman–Crippen LogP) is 3.98. The Labute approximate surface area is 124 Å². The zero-order valence-corrected chi connectivity index (χ0v) is 12.0. The van der Waals surface area contributed by atoms with Gasteiger partial charge in [0.25, 0.3) is 0 Å². The summed E-state index contributed by atoms with van der Waals surface area (Å²) in [5.41, 5.74) is 6.40. The fraction of sp³-hybridized carbons (Fsp3) is 0.214. The smallest absolute Gasteiger partial charge is 0.417 e. The summed E-state index contributed by atoms with van der Waals surface area (Å²) in [5.74, 6) is 1.18. The lowest BCUT2D eigenvalue weighted by molar-refractivity contribution is -0.137. The van der Waals surface area contributed by atoms with Gasteiger partial charge in [0, 0.05) is 29.3 Å². The first-order valence-corrected chi connectivity index (χ1v) is 6.97. The normalized spacial score (nSPS) is 11.4. The molecule has 0 fully saturated rings. The Balaban J connectivity index is 2.07. The number of benzene rings is 1. The molecule has 7 heteroatoms. The molecule has 112 valence electrons. The molecule has 0 spiro atoms. The third-order valence-corrected chi connectivity index (χ3v) is 3.74. The number of rotatable bonds is 4. The lowest BCUT2D eigenvalue weighted by Crippen LogP contribution is -2.05. The maximum Gasteiger partial charge on any atom is 0.417 e. The van der Waals surface area contributed by atoms with Gasteiger partial charge in [0.2, 0.25) is 0 Å². The summed E-state index contributed by atoms with van der Waals surface area (Å²) in [4.78, 5) is 3.81. The van der Waals surface area contributed by atoms with Crippen LogP contribution in [0.25, 0.3) is 0 Å². The Hall–Kier alpha value is -1.89. The molecule has 2 aromatic rings. The topological polar surface area (TPSA) is 48.1 Å². The molecule has 0 atom stereocenters. The molecule has 0 saturated carbocycles. The van der Waals surface area contributed by atoms with Gasteiger partial charge in [0.15, 0.2) is 0 Å². The zero-order valence-electron chi connectivity index (χ0n) is 11.1. The van der Waals surface area contributed by atoms with Crippen molar-refractivity contribution in [2.75, 3.05) is 12.8 Å². The van der Waals surface area contributed by atoms with Crippen LogP contribution in [-0.2, 0) is 11.9 Å². The van der Waals surface area contributed by atoms with Crippen LogP contribution in [0.5, 0.6) is 5.75 Å². The Morgan fingerprint density at radius 2 is 2.00 bits per heavy atom. The second kappa shape index (κ2) is 6.26. The maximum absolute atomic E-state index is 12.4. The van der Waals surface area contributed by atoms with Gasteiger partial charge < -0.3 is 10.5 Å². The lowest BCUT2D eigenvalue weighted by Gasteiger charge is -2.09. The van der Waals surface area contributed by atoms with E-state index >= 15 is 0 Å². The molecule has 2 rings (SSSR count). The van der Waals surface area contributed by atoms with Crippen LogP contribution in [0.1, 0.15) is 11.1 Å². The Morgan fingerprint density at radius 3 is 2.57 bits per heavy atom. The third-order valence-electron chi connectivity index (χ3n) is 2.75. The van der Waals surface area contributed by atoms with E-state index in [0.717, 1.165) is 17.8 Å². The summed E-state index contributed by atoms with van der Waals surface area (Å²) in [6.45, 7) is 0. The molecule has 21 heavy (non-hydrogen) atoms. The number of aromatic nitrogens is 1. The second-order valence-electron chi connectivity index (χ2n) is 4.24. The van der Waals surface area contributed by atoms with Crippen LogP contribution < -0.4 is 10.5 Å². The maximum atomic E-state index is 12.4. The standard InChI is InChI=1S/C14H13F3N2OS/c1-20-12-6-11(18)4-2-9(12)8-21-13-5-3-10(7-19-13)14(15,16)17/h2-7H,8,18H2,1H3. The number of methoxy groups -OCH3 is 1. The minimum absolute atomic E-state index is 0.516. The van der Waals surface area contributed by atoms with Crippen molar-refractivity contribution in [3.63, 3.8) is 0 Å². The summed E-state index contributed by atoms with van der Waals surface area (Å²) in [5, 5.41) is 0.516. The van der Waals surface area contributed by atoms with E-state index in [9.17, 15) is 13.2 Å². The fourth-order valence-corrected chi connectivity index (χ4v) is 2.50. The molecule has 0 unspecified atom stereocenters. The molecule has 0 saturated heterocycles. The van der Waals surface area contributed by atoms with Gasteiger partial charge in [-0.15, -0.1) is 11.8 Å². The highest BCUT2D eigenvalue weighted by Crippen LogP contribution is 2.31. The fourth-order valence-electron chi connectivity index (χ4n) is 1.67. The predicted molar refractivity (Wildman–Crippen MR) is 76.2 cm³/mol. The number of hydrogen-bond donors (Lipinski definition) is 1. The number of alkyl halides is 3. The molecule has 0 amide bonds. The second-order valence-corrected chi connectivity index (χ2v) is 5.24. The number of nitrogen functional groups attached to an aromatic ring is 1. The Morgan fingerprint density at radius 1 is 1.24 bits per heavy atom. The van der Waals surface area contributed by atoms with E-state index in [-0.39, 0.29) is 0 Å². The zero-order chi connectivity index (χ0) is 15.5. The van der Waals surface area contributed by atoms with Crippen LogP contribution in [0.3, 0.4) is 0 Å². The van der Waals surface area contributed by atoms with Crippen LogP contribution in [0, 0.1) is 0 Å². The average Bonchev–Trinajstić information content (AvgIpc) is 2.45. The van der Waals surface area contributed by atoms with Gasteiger partial charge >= 0.3 is 6.18 Å². The summed E-state index contributed by atoms with van der Waals surface area (Å²) < 4.78 is 42.5. The van der Waals surface area contributed by atoms with Crippen molar-refractivity contribution in [3.05, 3.63) is 47.7 Å². The van der Waals surface area contributed by atoms with Crippen molar-refractivity contribution in [3.8, 4) is 5.75 Å². The van der Waals surface area contributed by atoms with Crippen LogP contribution in [0.2, 0.25) is 0 Å². The SMILES string of the molecule is COc1cc(N)ccc1CSc1ccc(C(F)(F)F)cn1. The molecule has 0 radical (unpaired) electrons. The Kier molecular flexibility index (Phi) is 4.62. The minimum atomic E-state index is -4.36. The first-order chi connectivity index (χ1) is 9.90. The number of ether oxygens (including phenoxy) is 1. The minimum Gasteiger partial charge on any atom is -0.496 e. The number of anilines is 1. The van der Waals surface area contributed by atoms with Crippen LogP contribution in [-0.4, -0.2) is 12.1 Å². The van der Waals surface area contributed by atoms with E-state index in [1.165, 1.54) is 17.8 Å². The van der Waals surface area contributed by atoms with Gasteiger partial charge in [-0.25, -0.2) is 4.98 Å². The van der Waals surface area contributed by atoms with Crippen LogP contribution >= 0.6 is 11.8 Å². The Bertz CT molecular complexity index is 615. The van der Waals surface area contributed by atoms with Crippen LogP contribution in [0.4, 0.5) is 18.9 Å². The van der Waals surface area contributed by atoms with E-state index in [0.29, 0.717) is 22.2 Å². The number of nitrogens with two attached hydrogens (primary N) is 1. The van der Waals surface area contributed by atoms with Crippen molar-refractivity contribution in [2.24, 2.45) is 0 Å². The quantitative estimate of drug-likeness (QED) is 0.685. The van der Waals surface area contributed by atoms with Crippen molar-refractivity contribution >= 4 is 17.4 Å². The average molecular weight is 314 g/mol. The van der Waals surface area contributed by atoms with E-state index in [4.69, 9.17) is 10.5 Å². The number of nitrogens with zero attached hydrogens (tertiary/aromatic N) is 1. The van der Waals surface area contributed by atoms with Gasteiger partial charge in [-0.3, -0.25) is 0 Å². The molecular formula is C14H13F3N2OS. The molecule has 1 aromatic carbocycles. The largest absolute Gasteiger partial charge is 0.496 e. The first kappa shape index (κ1) is 15.5. The molecule has 1 heterocycles. The number of thioether (sulfide) groups is 1. The number of pyridine rings is 1. The van der Waals surface area contributed by atoms with E-state index in [1.807, 2.05) is 6.07 Å². The summed E-state index contributed by atoms with van der Waals surface area (Å²) in [7, 11) is 1.54. The van der Waals surface area contributed by atoms with E-state index in [2.05, 4.69) is 4.98 Å². The molecule has 2 N–H and O–H groups in total. The highest BCUT2D eigenvalue weighted by atomic mass is 32.2. The van der Waals surface area contributed by atoms with Crippen molar-refractivity contribution in [2.45, 2.75) is 17.0 Å². The van der Waals surface area contributed by atoms with Crippen LogP contribution in [0.15, 0.2) is 41.6 Å². The van der Waals surface area contributed by atoms with Gasteiger partial charge in [-0.05, 0) is 18.2 Å². The molecular weight excluding hydrogens is 301 g/mol. The number of hydrogen-bond acceptors (Lipinski definition) is 4. The molecule has 0 aliphatic carbocycles. The van der Waals surface area contributed by atoms with Crippen molar-refractivity contribution in [1.82, 2.24) is 4.98 Å². The van der Waals surface area contributed by atoms with Gasteiger partial charge in [-0.2, -0.15) is 13.2 Å². The highest BCUT2D eigenvalue weighted by molar-refractivity contribution is 7.98.